The van der Waals surface area contributed by atoms with Crippen molar-refractivity contribution in [1.82, 2.24) is 9.97 Å². The second-order valence-corrected chi connectivity index (χ2v) is 5.92. The van der Waals surface area contributed by atoms with E-state index in [1.807, 2.05) is 18.2 Å². The molecule has 0 aliphatic rings. The summed E-state index contributed by atoms with van der Waals surface area (Å²) in [7, 11) is 0. The Morgan fingerprint density at radius 1 is 1.21 bits per heavy atom. The molecule has 2 rings (SSSR count). The van der Waals surface area contributed by atoms with Crippen LogP contribution in [0.5, 0.6) is 0 Å². The molecule has 0 bridgehead atoms. The molecule has 1 heterocycles. The van der Waals surface area contributed by atoms with Gasteiger partial charge in [0.05, 0.1) is 0 Å². The van der Waals surface area contributed by atoms with Crippen molar-refractivity contribution in [2.24, 2.45) is 5.73 Å². The van der Waals surface area contributed by atoms with Gasteiger partial charge in [-0.25, -0.2) is 9.97 Å². The molecule has 4 nitrogen and oxygen atoms in total. The molecule has 1 aromatic heterocycles. The highest BCUT2D eigenvalue weighted by Gasteiger charge is 2.13. The number of benzene rings is 1. The van der Waals surface area contributed by atoms with Crippen molar-refractivity contribution in [2.75, 3.05) is 5.75 Å². The van der Waals surface area contributed by atoms with Crippen molar-refractivity contribution in [3.05, 3.63) is 42.2 Å². The zero-order valence-electron chi connectivity index (χ0n) is 10.5. The summed E-state index contributed by atoms with van der Waals surface area (Å²) in [5, 5.41) is 8.43. The predicted molar refractivity (Wildman–Crippen MR) is 80.0 cm³/mol. The fraction of sp³-hybridized carbons (Fsp3) is 0.154. The Kier molecular flexibility index (Phi) is 4.81. The Morgan fingerprint density at radius 2 is 1.89 bits per heavy atom. The van der Waals surface area contributed by atoms with Gasteiger partial charge in [0.25, 0.3) is 0 Å². The molecule has 0 unspecified atom stereocenters. The summed E-state index contributed by atoms with van der Waals surface area (Å²) < 4.78 is 0. The number of hydrogen-bond donors (Lipinski definition) is 2. The van der Waals surface area contributed by atoms with Crippen LogP contribution in [0.3, 0.4) is 0 Å². The number of thioether (sulfide) groups is 1. The van der Waals surface area contributed by atoms with Crippen LogP contribution in [0.1, 0.15) is 12.5 Å². The molecule has 0 aliphatic carbocycles. The zero-order valence-corrected chi connectivity index (χ0v) is 12.1. The molecule has 19 heavy (non-hydrogen) atoms. The molecule has 0 radical (unpaired) electrons. The van der Waals surface area contributed by atoms with Crippen LogP contribution >= 0.6 is 23.5 Å². The topological polar surface area (TPSA) is 75.7 Å². The highest BCUT2D eigenvalue weighted by molar-refractivity contribution is 8.00. The zero-order chi connectivity index (χ0) is 13.7. The van der Waals surface area contributed by atoms with Gasteiger partial charge < -0.3 is 5.73 Å². The Bertz CT molecular complexity index is 572. The highest BCUT2D eigenvalue weighted by atomic mass is 32.2. The third-order valence-corrected chi connectivity index (χ3v) is 4.19. The van der Waals surface area contributed by atoms with Gasteiger partial charge in [-0.15, -0.1) is 11.8 Å². The average molecular weight is 290 g/mol. The summed E-state index contributed by atoms with van der Waals surface area (Å²) in [5.41, 5.74) is 6.49. The quantitative estimate of drug-likeness (QED) is 0.383. The Balaban J connectivity index is 2.39. The van der Waals surface area contributed by atoms with Crippen LogP contribution in [-0.2, 0) is 0 Å². The van der Waals surface area contributed by atoms with E-state index in [0.29, 0.717) is 5.16 Å². The minimum Gasteiger partial charge on any atom is -0.384 e. The second-order valence-electron chi connectivity index (χ2n) is 3.61. The number of nitrogens with one attached hydrogen (secondary N) is 1. The Morgan fingerprint density at radius 3 is 2.53 bits per heavy atom. The van der Waals surface area contributed by atoms with Crippen molar-refractivity contribution in [3.63, 3.8) is 0 Å². The predicted octanol–water partition coefficient (Wildman–Crippen LogP) is 3.02. The molecular weight excluding hydrogens is 276 g/mol. The van der Waals surface area contributed by atoms with Crippen molar-refractivity contribution >= 4 is 29.4 Å². The van der Waals surface area contributed by atoms with E-state index in [9.17, 15) is 0 Å². The van der Waals surface area contributed by atoms with E-state index in [1.165, 1.54) is 11.8 Å². The van der Waals surface area contributed by atoms with Crippen molar-refractivity contribution in [3.8, 4) is 0 Å². The third kappa shape index (κ3) is 3.48. The van der Waals surface area contributed by atoms with Crippen LogP contribution in [0.4, 0.5) is 0 Å². The van der Waals surface area contributed by atoms with Crippen molar-refractivity contribution in [1.29, 1.82) is 5.41 Å². The molecule has 0 saturated heterocycles. The van der Waals surface area contributed by atoms with Crippen molar-refractivity contribution < 1.29 is 0 Å². The van der Waals surface area contributed by atoms with Crippen LogP contribution in [0.25, 0.3) is 0 Å². The molecular formula is C13H14N4S2. The molecule has 0 fully saturated rings. The van der Waals surface area contributed by atoms with Gasteiger partial charge in [0.15, 0.2) is 5.16 Å². The van der Waals surface area contributed by atoms with Crippen LogP contribution in [0, 0.1) is 5.41 Å². The lowest BCUT2D eigenvalue weighted by molar-refractivity contribution is 0.966. The van der Waals surface area contributed by atoms with E-state index in [2.05, 4.69) is 16.9 Å². The maximum atomic E-state index is 7.77. The molecule has 98 valence electrons. The minimum absolute atomic E-state index is 0.0787. The normalized spacial score (nSPS) is 10.4. The first kappa shape index (κ1) is 13.9. The van der Waals surface area contributed by atoms with E-state index in [-0.39, 0.29) is 5.84 Å². The van der Waals surface area contributed by atoms with E-state index >= 15 is 0 Å². The van der Waals surface area contributed by atoms with E-state index in [0.717, 1.165) is 21.1 Å². The van der Waals surface area contributed by atoms with Gasteiger partial charge in [-0.3, -0.25) is 5.41 Å². The van der Waals surface area contributed by atoms with Gasteiger partial charge in [0.1, 0.15) is 5.84 Å². The molecule has 1 aromatic carbocycles. The number of nitrogens with zero attached hydrogens (tertiary/aromatic N) is 2. The van der Waals surface area contributed by atoms with Gasteiger partial charge in [-0.05, 0) is 35.7 Å². The summed E-state index contributed by atoms with van der Waals surface area (Å²) in [5.74, 6) is 1.02. The lowest BCUT2D eigenvalue weighted by Crippen LogP contribution is -2.13. The number of hydrogen-bond acceptors (Lipinski definition) is 5. The summed E-state index contributed by atoms with van der Waals surface area (Å²) in [6.07, 6.45) is 3.40. The molecule has 6 heteroatoms. The number of rotatable bonds is 5. The van der Waals surface area contributed by atoms with Gasteiger partial charge in [0, 0.05) is 27.7 Å². The monoisotopic (exact) mass is 290 g/mol. The van der Waals surface area contributed by atoms with Gasteiger partial charge >= 0.3 is 0 Å². The van der Waals surface area contributed by atoms with Gasteiger partial charge in [0.2, 0.25) is 0 Å². The first-order chi connectivity index (χ1) is 9.22. The molecule has 0 atom stereocenters. The lowest BCUT2D eigenvalue weighted by atomic mass is 10.2. The van der Waals surface area contributed by atoms with Crippen LogP contribution in [0.15, 0.2) is 51.6 Å². The molecule has 0 saturated carbocycles. The van der Waals surface area contributed by atoms with Gasteiger partial charge in [-0.2, -0.15) is 0 Å². The van der Waals surface area contributed by atoms with E-state index < -0.39 is 0 Å². The summed E-state index contributed by atoms with van der Waals surface area (Å²) in [6, 6.07) is 7.67. The summed E-state index contributed by atoms with van der Waals surface area (Å²) >= 11 is 3.11. The fourth-order valence-corrected chi connectivity index (χ4v) is 3.38. The molecule has 2 aromatic rings. The van der Waals surface area contributed by atoms with Crippen LogP contribution < -0.4 is 5.73 Å². The Hall–Kier alpha value is -1.53. The maximum absolute atomic E-state index is 7.77. The molecule has 3 N–H and O–H groups in total. The Labute approximate surface area is 120 Å². The van der Waals surface area contributed by atoms with Crippen LogP contribution in [-0.4, -0.2) is 21.6 Å². The number of nitrogen functional groups attached to an aromatic ring is 1. The lowest BCUT2D eigenvalue weighted by Gasteiger charge is -2.11. The second kappa shape index (κ2) is 6.58. The van der Waals surface area contributed by atoms with Gasteiger partial charge in [-0.1, -0.05) is 13.0 Å². The molecule has 0 amide bonds. The first-order valence-corrected chi connectivity index (χ1v) is 7.57. The van der Waals surface area contributed by atoms with E-state index in [4.69, 9.17) is 11.1 Å². The number of amidine groups is 1. The van der Waals surface area contributed by atoms with E-state index in [1.54, 1.807) is 30.2 Å². The number of nitrogens with two attached hydrogens (primary N) is 1. The smallest absolute Gasteiger partial charge is 0.192 e. The largest absolute Gasteiger partial charge is 0.384 e. The minimum atomic E-state index is 0.0787. The maximum Gasteiger partial charge on any atom is 0.192 e. The third-order valence-electron chi connectivity index (χ3n) is 2.30. The SMILES string of the molecule is CCSc1cccc(Sc2ncccn2)c1C(=N)N. The standard InChI is InChI=1S/C13H14N4S2/c1-2-18-9-5-3-6-10(11(9)12(14)15)19-13-16-7-4-8-17-13/h3-8H,2H2,1H3,(H3,14,15). The first-order valence-electron chi connectivity index (χ1n) is 5.77. The van der Waals surface area contributed by atoms with Crippen molar-refractivity contribution in [2.45, 2.75) is 21.9 Å². The fourth-order valence-electron chi connectivity index (χ4n) is 1.57. The number of aromatic nitrogens is 2. The molecule has 0 aliphatic heterocycles. The van der Waals surface area contributed by atoms with Crippen LogP contribution in [0.2, 0.25) is 0 Å². The molecule has 0 spiro atoms. The highest BCUT2D eigenvalue weighted by Crippen LogP contribution is 2.33. The average Bonchev–Trinajstić information content (AvgIpc) is 2.40. The summed E-state index contributed by atoms with van der Waals surface area (Å²) in [4.78, 5) is 10.3. The summed E-state index contributed by atoms with van der Waals surface area (Å²) in [6.45, 7) is 2.08.